The number of hydrogen-bond acceptors (Lipinski definition) is 2. The molecule has 0 aromatic heterocycles. The zero-order valence-electron chi connectivity index (χ0n) is 12.6. The van der Waals surface area contributed by atoms with Crippen LogP contribution in [0.25, 0.3) is 0 Å². The molecule has 0 aromatic rings. The Labute approximate surface area is 113 Å². The van der Waals surface area contributed by atoms with Gasteiger partial charge in [0.05, 0.1) is 6.61 Å². The molecule has 0 heterocycles. The van der Waals surface area contributed by atoms with Crippen molar-refractivity contribution in [2.24, 2.45) is 10.9 Å². The molecule has 4 heteroatoms. The van der Waals surface area contributed by atoms with Gasteiger partial charge in [-0.25, -0.2) is 0 Å². The van der Waals surface area contributed by atoms with Gasteiger partial charge in [0.25, 0.3) is 0 Å². The van der Waals surface area contributed by atoms with Crippen LogP contribution in [0.2, 0.25) is 0 Å². The summed E-state index contributed by atoms with van der Waals surface area (Å²) in [4.78, 5) is 4.49. The molecule has 0 saturated carbocycles. The van der Waals surface area contributed by atoms with Gasteiger partial charge in [0.2, 0.25) is 0 Å². The summed E-state index contributed by atoms with van der Waals surface area (Å²) in [5.74, 6) is 1.62. The summed E-state index contributed by atoms with van der Waals surface area (Å²) in [6.07, 6.45) is 3.45. The van der Waals surface area contributed by atoms with Gasteiger partial charge < -0.3 is 15.4 Å². The van der Waals surface area contributed by atoms with Gasteiger partial charge in [-0.3, -0.25) is 4.99 Å². The van der Waals surface area contributed by atoms with Gasteiger partial charge in [-0.15, -0.1) is 0 Å². The number of rotatable bonds is 10. The van der Waals surface area contributed by atoms with Crippen molar-refractivity contribution in [1.82, 2.24) is 10.6 Å². The highest BCUT2D eigenvalue weighted by atomic mass is 16.5. The summed E-state index contributed by atoms with van der Waals surface area (Å²) in [6, 6.07) is 0. The van der Waals surface area contributed by atoms with Gasteiger partial charge in [-0.05, 0) is 25.7 Å². The van der Waals surface area contributed by atoms with Crippen LogP contribution in [0.3, 0.4) is 0 Å². The van der Waals surface area contributed by atoms with Gasteiger partial charge in [0, 0.05) is 26.2 Å². The lowest BCUT2D eigenvalue weighted by atomic mass is 10.1. The molecule has 0 aliphatic heterocycles. The van der Waals surface area contributed by atoms with E-state index in [-0.39, 0.29) is 0 Å². The molecule has 0 radical (unpaired) electrons. The highest BCUT2D eigenvalue weighted by molar-refractivity contribution is 5.79. The third-order valence-corrected chi connectivity index (χ3v) is 2.50. The van der Waals surface area contributed by atoms with Crippen molar-refractivity contribution < 1.29 is 4.74 Å². The molecule has 0 saturated heterocycles. The van der Waals surface area contributed by atoms with Gasteiger partial charge in [0.15, 0.2) is 5.96 Å². The van der Waals surface area contributed by atoms with E-state index in [9.17, 15) is 0 Å². The van der Waals surface area contributed by atoms with Crippen LogP contribution < -0.4 is 10.6 Å². The Kier molecular flexibility index (Phi) is 12.1. The predicted octanol–water partition coefficient (Wildman–Crippen LogP) is 2.40. The van der Waals surface area contributed by atoms with E-state index in [1.54, 1.807) is 0 Å². The summed E-state index contributed by atoms with van der Waals surface area (Å²) in [6.45, 7) is 12.9. The van der Waals surface area contributed by atoms with E-state index in [1.165, 1.54) is 6.42 Å². The second kappa shape index (κ2) is 12.7. The Morgan fingerprint density at radius 1 is 1.17 bits per heavy atom. The van der Waals surface area contributed by atoms with Gasteiger partial charge in [0.1, 0.15) is 0 Å². The topological polar surface area (TPSA) is 45.7 Å². The Bertz CT molecular complexity index is 205. The number of guanidine groups is 1. The number of nitrogens with zero attached hydrogens (tertiary/aromatic N) is 1. The number of ether oxygens (including phenoxy) is 1. The minimum atomic E-state index is 0.714. The molecule has 0 aromatic carbocycles. The summed E-state index contributed by atoms with van der Waals surface area (Å²) in [5.41, 5.74) is 0. The zero-order valence-corrected chi connectivity index (χ0v) is 12.6. The Balaban J connectivity index is 3.60. The maximum Gasteiger partial charge on any atom is 0.191 e. The lowest BCUT2D eigenvalue weighted by molar-refractivity contribution is 0.128. The van der Waals surface area contributed by atoms with Crippen LogP contribution in [0, 0.1) is 5.92 Å². The average molecular weight is 257 g/mol. The van der Waals surface area contributed by atoms with Crippen LogP contribution in [-0.2, 0) is 4.74 Å². The number of hydrogen-bond donors (Lipinski definition) is 2. The zero-order chi connectivity index (χ0) is 13.6. The molecule has 0 rings (SSSR count). The number of nitrogens with one attached hydrogen (secondary N) is 2. The smallest absolute Gasteiger partial charge is 0.191 e. The van der Waals surface area contributed by atoms with E-state index in [2.05, 4.69) is 43.3 Å². The first-order chi connectivity index (χ1) is 8.70. The molecule has 0 unspecified atom stereocenters. The van der Waals surface area contributed by atoms with E-state index in [0.717, 1.165) is 51.6 Å². The summed E-state index contributed by atoms with van der Waals surface area (Å²) >= 11 is 0. The third-order valence-electron chi connectivity index (χ3n) is 2.50. The second-order valence-corrected chi connectivity index (χ2v) is 4.84. The van der Waals surface area contributed by atoms with Crippen molar-refractivity contribution in [2.75, 3.05) is 32.8 Å². The van der Waals surface area contributed by atoms with Crippen LogP contribution in [0.4, 0.5) is 0 Å². The Morgan fingerprint density at radius 2 is 1.94 bits per heavy atom. The van der Waals surface area contributed by atoms with Crippen LogP contribution in [0.1, 0.15) is 47.0 Å². The molecule has 2 N–H and O–H groups in total. The minimum absolute atomic E-state index is 0.714. The lowest BCUT2D eigenvalue weighted by Gasteiger charge is -2.11. The van der Waals surface area contributed by atoms with E-state index in [1.807, 2.05) is 0 Å². The summed E-state index contributed by atoms with van der Waals surface area (Å²) in [5, 5.41) is 6.52. The largest absolute Gasteiger partial charge is 0.380 e. The molecule has 0 atom stereocenters. The maximum atomic E-state index is 5.55. The highest BCUT2D eigenvalue weighted by Gasteiger charge is 1.97. The third kappa shape index (κ3) is 11.7. The van der Waals surface area contributed by atoms with Crippen molar-refractivity contribution in [2.45, 2.75) is 47.0 Å². The fourth-order valence-electron chi connectivity index (χ4n) is 1.35. The first-order valence-electron chi connectivity index (χ1n) is 7.30. The number of unbranched alkanes of at least 4 members (excludes halogenated alkanes) is 1. The molecule has 4 nitrogen and oxygen atoms in total. The SMILES string of the molecule is CCCCN=C(NCC)NCCOCCC(C)C. The average Bonchev–Trinajstić information content (AvgIpc) is 2.33. The van der Waals surface area contributed by atoms with Gasteiger partial charge in [-0.2, -0.15) is 0 Å². The van der Waals surface area contributed by atoms with Gasteiger partial charge in [-0.1, -0.05) is 27.2 Å². The van der Waals surface area contributed by atoms with E-state index in [0.29, 0.717) is 5.92 Å². The molecule has 0 aliphatic carbocycles. The molecular formula is C14H31N3O. The summed E-state index contributed by atoms with van der Waals surface area (Å²) < 4.78 is 5.55. The van der Waals surface area contributed by atoms with Crippen LogP contribution >= 0.6 is 0 Å². The van der Waals surface area contributed by atoms with E-state index in [4.69, 9.17) is 4.74 Å². The molecule has 0 fully saturated rings. The van der Waals surface area contributed by atoms with Crippen LogP contribution in [0.5, 0.6) is 0 Å². The van der Waals surface area contributed by atoms with E-state index < -0.39 is 0 Å². The van der Waals surface area contributed by atoms with Crippen molar-refractivity contribution in [3.05, 3.63) is 0 Å². The van der Waals surface area contributed by atoms with Crippen molar-refractivity contribution in [1.29, 1.82) is 0 Å². The monoisotopic (exact) mass is 257 g/mol. The molecule has 0 spiro atoms. The van der Waals surface area contributed by atoms with Gasteiger partial charge >= 0.3 is 0 Å². The molecule has 0 aliphatic rings. The Hall–Kier alpha value is -0.770. The van der Waals surface area contributed by atoms with Crippen molar-refractivity contribution in [3.8, 4) is 0 Å². The molecule has 0 amide bonds. The molecule has 108 valence electrons. The fraction of sp³-hybridized carbons (Fsp3) is 0.929. The quantitative estimate of drug-likeness (QED) is 0.359. The van der Waals surface area contributed by atoms with Crippen molar-refractivity contribution in [3.63, 3.8) is 0 Å². The predicted molar refractivity (Wildman–Crippen MR) is 79.2 cm³/mol. The molecule has 18 heavy (non-hydrogen) atoms. The standard InChI is InChI=1S/C14H31N3O/c1-5-7-9-16-14(15-6-2)17-10-12-18-11-8-13(3)4/h13H,5-12H2,1-4H3,(H2,15,16,17). The van der Waals surface area contributed by atoms with Crippen LogP contribution in [-0.4, -0.2) is 38.8 Å². The first-order valence-corrected chi connectivity index (χ1v) is 7.30. The lowest BCUT2D eigenvalue weighted by Crippen LogP contribution is -2.39. The number of aliphatic imine (C=N–C) groups is 1. The highest BCUT2D eigenvalue weighted by Crippen LogP contribution is 1.98. The van der Waals surface area contributed by atoms with E-state index >= 15 is 0 Å². The second-order valence-electron chi connectivity index (χ2n) is 4.84. The molecular weight excluding hydrogens is 226 g/mol. The fourth-order valence-corrected chi connectivity index (χ4v) is 1.35. The summed E-state index contributed by atoms with van der Waals surface area (Å²) in [7, 11) is 0. The minimum Gasteiger partial charge on any atom is -0.380 e. The van der Waals surface area contributed by atoms with Crippen LogP contribution in [0.15, 0.2) is 4.99 Å². The molecule has 0 bridgehead atoms. The Morgan fingerprint density at radius 3 is 2.56 bits per heavy atom. The van der Waals surface area contributed by atoms with Crippen molar-refractivity contribution >= 4 is 5.96 Å². The first kappa shape index (κ1) is 17.2. The normalized spacial score (nSPS) is 11.9. The maximum absolute atomic E-state index is 5.55.